The van der Waals surface area contributed by atoms with E-state index in [1.807, 2.05) is 6.92 Å². The molecular formula is C14H25N3O3. The number of hydrogen-bond acceptors (Lipinski definition) is 5. The van der Waals surface area contributed by atoms with Crippen molar-refractivity contribution >= 4 is 11.9 Å². The van der Waals surface area contributed by atoms with E-state index in [-0.39, 0.29) is 18.6 Å². The highest BCUT2D eigenvalue weighted by molar-refractivity contribution is 6.01. The molecule has 2 rings (SSSR count). The quantitative estimate of drug-likeness (QED) is 0.581. The lowest BCUT2D eigenvalue weighted by Crippen LogP contribution is -2.63. The van der Waals surface area contributed by atoms with Crippen molar-refractivity contribution in [2.24, 2.45) is 5.73 Å². The molecule has 2 fully saturated rings. The van der Waals surface area contributed by atoms with Gasteiger partial charge in [0.2, 0.25) is 0 Å². The Morgan fingerprint density at radius 1 is 1.35 bits per heavy atom. The van der Waals surface area contributed by atoms with Gasteiger partial charge in [0.05, 0.1) is 6.61 Å². The molecule has 20 heavy (non-hydrogen) atoms. The summed E-state index contributed by atoms with van der Waals surface area (Å²) in [6.07, 6.45) is 3.56. The van der Waals surface area contributed by atoms with Crippen LogP contribution in [0.3, 0.4) is 0 Å². The van der Waals surface area contributed by atoms with Crippen LogP contribution in [0.1, 0.15) is 33.1 Å². The van der Waals surface area contributed by atoms with Gasteiger partial charge in [-0.3, -0.25) is 9.69 Å². The average Bonchev–Trinajstić information content (AvgIpc) is 2.45. The smallest absolute Gasteiger partial charge is 0.332 e. The van der Waals surface area contributed by atoms with Crippen molar-refractivity contribution in [2.45, 2.75) is 51.2 Å². The lowest BCUT2D eigenvalue weighted by Gasteiger charge is -2.47. The SMILES string of the molecule is CCOC(=O)C(N)C(=O)N1CC2CCCCN2CC1C. The van der Waals surface area contributed by atoms with Crippen molar-refractivity contribution in [3.05, 3.63) is 0 Å². The number of hydrogen-bond donors (Lipinski definition) is 1. The van der Waals surface area contributed by atoms with Crippen LogP contribution in [-0.4, -0.2) is 66.0 Å². The Hall–Kier alpha value is -1.14. The van der Waals surface area contributed by atoms with E-state index in [1.54, 1.807) is 11.8 Å². The van der Waals surface area contributed by atoms with Gasteiger partial charge in [0.1, 0.15) is 0 Å². The first-order chi connectivity index (χ1) is 9.54. The number of nitrogens with two attached hydrogens (primary N) is 1. The standard InChI is InChI=1S/C14H25N3O3/c1-3-20-14(19)12(15)13(18)17-9-11-6-4-5-7-16(11)8-10(17)2/h10-12H,3-9,15H2,1-2H3. The molecule has 3 unspecified atom stereocenters. The second-order valence-corrected chi connectivity index (χ2v) is 5.71. The molecule has 0 radical (unpaired) electrons. The van der Waals surface area contributed by atoms with Crippen molar-refractivity contribution in [3.63, 3.8) is 0 Å². The van der Waals surface area contributed by atoms with E-state index in [9.17, 15) is 9.59 Å². The zero-order valence-electron chi connectivity index (χ0n) is 12.4. The minimum Gasteiger partial charge on any atom is -0.464 e. The number of carbonyl (C=O) groups excluding carboxylic acids is 2. The Labute approximate surface area is 120 Å². The highest BCUT2D eigenvalue weighted by atomic mass is 16.5. The van der Waals surface area contributed by atoms with Crippen molar-refractivity contribution in [1.29, 1.82) is 0 Å². The van der Waals surface area contributed by atoms with Gasteiger partial charge in [-0.2, -0.15) is 0 Å². The fourth-order valence-electron chi connectivity index (χ4n) is 3.17. The van der Waals surface area contributed by atoms with E-state index in [4.69, 9.17) is 10.5 Å². The molecule has 0 bridgehead atoms. The van der Waals surface area contributed by atoms with E-state index in [0.717, 1.165) is 19.5 Å². The van der Waals surface area contributed by atoms with Crippen LogP contribution >= 0.6 is 0 Å². The maximum absolute atomic E-state index is 12.4. The van der Waals surface area contributed by atoms with Crippen LogP contribution in [-0.2, 0) is 14.3 Å². The number of amides is 1. The molecule has 1 amide bonds. The predicted octanol–water partition coefficient (Wildman–Crippen LogP) is -0.0380. The largest absolute Gasteiger partial charge is 0.464 e. The summed E-state index contributed by atoms with van der Waals surface area (Å²) in [5.74, 6) is -0.933. The zero-order valence-corrected chi connectivity index (χ0v) is 12.4. The lowest BCUT2D eigenvalue weighted by molar-refractivity contribution is -0.153. The fourth-order valence-corrected chi connectivity index (χ4v) is 3.17. The molecule has 3 atom stereocenters. The third kappa shape index (κ3) is 3.12. The van der Waals surface area contributed by atoms with Crippen LogP contribution in [0.4, 0.5) is 0 Å². The molecule has 2 aliphatic rings. The molecule has 2 N–H and O–H groups in total. The molecular weight excluding hydrogens is 258 g/mol. The fraction of sp³-hybridized carbons (Fsp3) is 0.857. The van der Waals surface area contributed by atoms with Crippen LogP contribution in [0.5, 0.6) is 0 Å². The Morgan fingerprint density at radius 2 is 2.10 bits per heavy atom. The van der Waals surface area contributed by atoms with Gasteiger partial charge < -0.3 is 15.4 Å². The van der Waals surface area contributed by atoms with Crippen molar-refractivity contribution in [1.82, 2.24) is 9.80 Å². The van der Waals surface area contributed by atoms with E-state index in [2.05, 4.69) is 4.90 Å². The summed E-state index contributed by atoms with van der Waals surface area (Å²) >= 11 is 0. The van der Waals surface area contributed by atoms with Gasteiger partial charge >= 0.3 is 5.97 Å². The number of ether oxygens (including phenoxy) is 1. The second kappa shape index (κ2) is 6.54. The zero-order chi connectivity index (χ0) is 14.7. The van der Waals surface area contributed by atoms with Crippen molar-refractivity contribution in [3.8, 4) is 0 Å². The van der Waals surface area contributed by atoms with Crippen LogP contribution in [0, 0.1) is 0 Å². The summed E-state index contributed by atoms with van der Waals surface area (Å²) < 4.78 is 4.84. The molecule has 6 nitrogen and oxygen atoms in total. The molecule has 6 heteroatoms. The van der Waals surface area contributed by atoms with E-state index >= 15 is 0 Å². The summed E-state index contributed by atoms with van der Waals surface area (Å²) in [6, 6.07) is -0.678. The van der Waals surface area contributed by atoms with Gasteiger partial charge in [-0.05, 0) is 33.2 Å². The molecule has 2 aliphatic heterocycles. The van der Waals surface area contributed by atoms with Crippen LogP contribution in [0.25, 0.3) is 0 Å². The monoisotopic (exact) mass is 283 g/mol. The third-order valence-electron chi connectivity index (χ3n) is 4.28. The van der Waals surface area contributed by atoms with Gasteiger partial charge in [0.25, 0.3) is 5.91 Å². The first-order valence-electron chi connectivity index (χ1n) is 7.51. The second-order valence-electron chi connectivity index (χ2n) is 5.71. The lowest BCUT2D eigenvalue weighted by atomic mass is 9.96. The van der Waals surface area contributed by atoms with E-state index in [0.29, 0.717) is 12.6 Å². The Bertz CT molecular complexity index is 375. The van der Waals surface area contributed by atoms with Gasteiger partial charge in [-0.15, -0.1) is 0 Å². The Kier molecular flexibility index (Phi) is 4.99. The Balaban J connectivity index is 2.00. The first-order valence-corrected chi connectivity index (χ1v) is 7.51. The average molecular weight is 283 g/mol. The highest BCUT2D eigenvalue weighted by Gasteiger charge is 2.38. The Morgan fingerprint density at radius 3 is 2.80 bits per heavy atom. The molecule has 0 aromatic heterocycles. The number of rotatable bonds is 3. The summed E-state index contributed by atoms with van der Waals surface area (Å²) in [6.45, 7) is 6.62. The number of fused-ring (bicyclic) bond motifs is 1. The van der Waals surface area contributed by atoms with E-state index < -0.39 is 12.0 Å². The highest BCUT2D eigenvalue weighted by Crippen LogP contribution is 2.24. The normalized spacial score (nSPS) is 28.6. The number of piperidine rings is 1. The molecule has 2 saturated heterocycles. The summed E-state index contributed by atoms with van der Waals surface area (Å²) in [5.41, 5.74) is 5.73. The molecule has 0 spiro atoms. The van der Waals surface area contributed by atoms with Crippen LogP contribution in [0.2, 0.25) is 0 Å². The number of piperazine rings is 1. The number of nitrogens with zero attached hydrogens (tertiary/aromatic N) is 2. The van der Waals surface area contributed by atoms with Gasteiger partial charge in [-0.25, -0.2) is 4.79 Å². The number of esters is 1. The maximum Gasteiger partial charge on any atom is 0.332 e. The molecule has 0 aromatic rings. The number of carbonyl (C=O) groups is 2. The first kappa shape index (κ1) is 15.3. The predicted molar refractivity (Wildman–Crippen MR) is 75.0 cm³/mol. The minimum atomic E-state index is -1.19. The molecule has 0 aromatic carbocycles. The summed E-state index contributed by atoms with van der Waals surface area (Å²) in [7, 11) is 0. The molecule has 2 heterocycles. The van der Waals surface area contributed by atoms with Gasteiger partial charge in [0.15, 0.2) is 6.04 Å². The van der Waals surface area contributed by atoms with Crippen LogP contribution < -0.4 is 5.73 Å². The van der Waals surface area contributed by atoms with Crippen molar-refractivity contribution < 1.29 is 14.3 Å². The van der Waals surface area contributed by atoms with E-state index in [1.165, 1.54) is 12.8 Å². The van der Waals surface area contributed by atoms with Gasteiger partial charge in [-0.1, -0.05) is 6.42 Å². The third-order valence-corrected chi connectivity index (χ3v) is 4.28. The molecule has 0 saturated carbocycles. The summed E-state index contributed by atoms with van der Waals surface area (Å²) in [5, 5.41) is 0. The van der Waals surface area contributed by atoms with Gasteiger partial charge in [0, 0.05) is 25.2 Å². The summed E-state index contributed by atoms with van der Waals surface area (Å²) in [4.78, 5) is 28.2. The molecule has 114 valence electrons. The van der Waals surface area contributed by atoms with Crippen molar-refractivity contribution in [2.75, 3.05) is 26.2 Å². The van der Waals surface area contributed by atoms with Crippen LogP contribution in [0.15, 0.2) is 0 Å². The maximum atomic E-state index is 12.4. The minimum absolute atomic E-state index is 0.0947. The molecule has 0 aliphatic carbocycles. The topological polar surface area (TPSA) is 75.9 Å².